The summed E-state index contributed by atoms with van der Waals surface area (Å²) < 4.78 is 12.6. The molecule has 18 heavy (non-hydrogen) atoms. The molecular weight excluding hydrogens is 256 g/mol. The van der Waals surface area contributed by atoms with Gasteiger partial charge in [0.25, 0.3) is 0 Å². The monoisotopic (exact) mass is 288 g/mol. The van der Waals surface area contributed by atoms with Gasteiger partial charge >= 0.3 is 0 Å². The van der Waals surface area contributed by atoms with Crippen LogP contribution in [0.1, 0.15) is 41.5 Å². The molecular formula is C14H32O2Si2. The van der Waals surface area contributed by atoms with Crippen molar-refractivity contribution in [3.8, 4) is 0 Å². The Morgan fingerprint density at radius 3 is 1.56 bits per heavy atom. The van der Waals surface area contributed by atoms with Gasteiger partial charge in [-0.25, -0.2) is 0 Å². The molecule has 0 rings (SSSR count). The van der Waals surface area contributed by atoms with Crippen LogP contribution in [0.15, 0.2) is 12.3 Å². The summed E-state index contributed by atoms with van der Waals surface area (Å²) in [6.45, 7) is 23.5. The summed E-state index contributed by atoms with van der Waals surface area (Å²) in [5.74, 6) is 0. The lowest BCUT2D eigenvalue weighted by Gasteiger charge is -2.39. The van der Waals surface area contributed by atoms with E-state index in [9.17, 15) is 0 Å². The summed E-state index contributed by atoms with van der Waals surface area (Å²) in [6.07, 6.45) is 0. The fraction of sp³-hybridized carbons (Fsp3) is 0.857. The predicted octanol–water partition coefficient (Wildman–Crippen LogP) is 4.66. The van der Waals surface area contributed by atoms with E-state index in [0.29, 0.717) is 0 Å². The van der Waals surface area contributed by atoms with Crippen LogP contribution in [-0.2, 0) is 8.85 Å². The van der Waals surface area contributed by atoms with Gasteiger partial charge < -0.3 is 8.85 Å². The van der Waals surface area contributed by atoms with Gasteiger partial charge in [-0.05, 0) is 66.9 Å². The highest BCUT2D eigenvalue weighted by Crippen LogP contribution is 2.29. The van der Waals surface area contributed by atoms with Crippen LogP contribution in [0, 0.1) is 0 Å². The molecule has 4 heteroatoms. The molecule has 0 aromatic carbocycles. The molecule has 0 aromatic rings. The lowest BCUT2D eigenvalue weighted by Crippen LogP contribution is -2.50. The van der Waals surface area contributed by atoms with Gasteiger partial charge in [0, 0.05) is 11.2 Å². The smallest absolute Gasteiger partial charge is 0.213 e. The van der Waals surface area contributed by atoms with Crippen molar-refractivity contribution >= 4 is 16.6 Å². The molecule has 1 atom stereocenters. The predicted molar refractivity (Wildman–Crippen MR) is 85.8 cm³/mol. The third-order valence-corrected chi connectivity index (χ3v) is 11.7. The maximum Gasteiger partial charge on any atom is 0.213 e. The molecule has 0 fully saturated rings. The fourth-order valence-electron chi connectivity index (χ4n) is 2.56. The van der Waals surface area contributed by atoms with Crippen molar-refractivity contribution in [2.75, 3.05) is 0 Å². The average Bonchev–Trinajstić information content (AvgIpc) is 1.93. The zero-order valence-corrected chi connectivity index (χ0v) is 15.8. The van der Waals surface area contributed by atoms with E-state index in [2.05, 4.69) is 73.5 Å². The van der Waals surface area contributed by atoms with Gasteiger partial charge in [-0.1, -0.05) is 5.70 Å². The van der Waals surface area contributed by atoms with Crippen molar-refractivity contribution in [2.24, 2.45) is 0 Å². The van der Waals surface area contributed by atoms with Crippen molar-refractivity contribution in [1.29, 1.82) is 0 Å². The molecule has 108 valence electrons. The first kappa shape index (κ1) is 18.1. The molecule has 0 aromatic heterocycles. The first-order chi connectivity index (χ1) is 7.68. The van der Waals surface area contributed by atoms with Gasteiger partial charge in [0.2, 0.25) is 8.32 Å². The Balaban J connectivity index is 4.85. The first-order valence-corrected chi connectivity index (χ1v) is 12.5. The Morgan fingerprint density at radius 1 is 0.889 bits per heavy atom. The Bertz CT molecular complexity index is 287. The second-order valence-electron chi connectivity index (χ2n) is 7.88. The van der Waals surface area contributed by atoms with Crippen LogP contribution >= 0.6 is 0 Å². The Morgan fingerprint density at radius 2 is 1.28 bits per heavy atom. The number of rotatable bonds is 5. The molecule has 0 N–H and O–H groups in total. The molecule has 0 aliphatic heterocycles. The van der Waals surface area contributed by atoms with E-state index in [-0.39, 0.29) is 11.2 Å². The molecule has 0 radical (unpaired) electrons. The van der Waals surface area contributed by atoms with Crippen LogP contribution in [0.5, 0.6) is 0 Å². The van der Waals surface area contributed by atoms with Gasteiger partial charge in [-0.15, -0.1) is 6.58 Å². The molecule has 0 bridgehead atoms. The molecule has 0 aliphatic carbocycles. The van der Waals surface area contributed by atoms with Gasteiger partial charge in [0.05, 0.1) is 0 Å². The first-order valence-electron chi connectivity index (χ1n) is 6.72. The highest BCUT2D eigenvalue weighted by Gasteiger charge is 2.40. The minimum absolute atomic E-state index is 0.0755. The van der Waals surface area contributed by atoms with Crippen molar-refractivity contribution < 1.29 is 8.85 Å². The molecule has 0 heterocycles. The summed E-state index contributed by atoms with van der Waals surface area (Å²) >= 11 is 0. The van der Waals surface area contributed by atoms with E-state index in [1.165, 1.54) is 0 Å². The van der Waals surface area contributed by atoms with E-state index < -0.39 is 16.6 Å². The van der Waals surface area contributed by atoms with E-state index in [1.807, 2.05) is 0 Å². The van der Waals surface area contributed by atoms with Crippen molar-refractivity contribution in [2.45, 2.75) is 78.1 Å². The van der Waals surface area contributed by atoms with Gasteiger partial charge in [-0.3, -0.25) is 0 Å². The lowest BCUT2D eigenvalue weighted by molar-refractivity contribution is 0.113. The maximum absolute atomic E-state index is 6.30. The largest absolute Gasteiger partial charge is 0.413 e. The summed E-state index contributed by atoms with van der Waals surface area (Å²) in [7, 11) is -3.62. The SMILES string of the molecule is C=C[Si](C)(C[Si](C)(C)OC(C)(C)C)OC(C)(C)C. The summed E-state index contributed by atoms with van der Waals surface area (Å²) in [5, 5.41) is 0. The van der Waals surface area contributed by atoms with Gasteiger partial charge in [0.15, 0.2) is 8.32 Å². The molecule has 0 spiro atoms. The van der Waals surface area contributed by atoms with Gasteiger partial charge in [-0.2, -0.15) is 0 Å². The second-order valence-corrected chi connectivity index (χ2v) is 16.3. The summed E-state index contributed by atoms with van der Waals surface area (Å²) in [6, 6.07) is 0. The Labute approximate surface area is 116 Å². The van der Waals surface area contributed by atoms with Crippen LogP contribution < -0.4 is 0 Å². The van der Waals surface area contributed by atoms with E-state index in [0.717, 1.165) is 5.67 Å². The van der Waals surface area contributed by atoms with Crippen molar-refractivity contribution in [3.63, 3.8) is 0 Å². The highest BCUT2D eigenvalue weighted by molar-refractivity contribution is 6.92. The average molecular weight is 289 g/mol. The lowest BCUT2D eigenvalue weighted by atomic mass is 10.2. The minimum Gasteiger partial charge on any atom is -0.413 e. The molecule has 0 amide bonds. The fourth-order valence-corrected chi connectivity index (χ4v) is 13.6. The van der Waals surface area contributed by atoms with Crippen molar-refractivity contribution in [1.82, 2.24) is 0 Å². The molecule has 2 nitrogen and oxygen atoms in total. The second kappa shape index (κ2) is 5.61. The summed E-state index contributed by atoms with van der Waals surface area (Å²) in [4.78, 5) is 0. The van der Waals surface area contributed by atoms with Crippen LogP contribution in [0.3, 0.4) is 0 Å². The normalized spacial score (nSPS) is 17.4. The topological polar surface area (TPSA) is 18.5 Å². The highest BCUT2D eigenvalue weighted by atomic mass is 28.4. The Kier molecular flexibility index (Phi) is 5.64. The number of hydrogen-bond acceptors (Lipinski definition) is 2. The summed E-state index contributed by atoms with van der Waals surface area (Å²) in [5.41, 5.74) is 2.92. The standard InChI is InChI=1S/C14H32O2Si2/c1-11-18(10,16-14(5,6)7)12-17(8,9)15-13(2,3)4/h11H,1,12H2,2-10H3. The number of hydrogen-bond donors (Lipinski definition) is 0. The van der Waals surface area contributed by atoms with Gasteiger partial charge in [0.1, 0.15) is 0 Å². The minimum atomic E-state index is -1.89. The van der Waals surface area contributed by atoms with E-state index in [4.69, 9.17) is 8.85 Å². The van der Waals surface area contributed by atoms with Crippen LogP contribution in [0.2, 0.25) is 25.3 Å². The van der Waals surface area contributed by atoms with E-state index in [1.54, 1.807) is 0 Å². The maximum atomic E-state index is 6.30. The zero-order valence-electron chi connectivity index (χ0n) is 13.8. The van der Waals surface area contributed by atoms with Crippen molar-refractivity contribution in [3.05, 3.63) is 12.3 Å². The molecule has 0 saturated carbocycles. The molecule has 0 saturated heterocycles. The molecule has 1 unspecified atom stereocenters. The van der Waals surface area contributed by atoms with Crippen LogP contribution in [0.25, 0.3) is 0 Å². The third-order valence-electron chi connectivity index (χ3n) is 2.33. The zero-order chi connectivity index (χ0) is 14.8. The Hall–Kier alpha value is 0.0938. The van der Waals surface area contributed by atoms with E-state index >= 15 is 0 Å². The van der Waals surface area contributed by atoms with Crippen LogP contribution in [0.4, 0.5) is 0 Å². The quantitative estimate of drug-likeness (QED) is 0.685. The molecule has 0 aliphatic rings. The van der Waals surface area contributed by atoms with Crippen LogP contribution in [-0.4, -0.2) is 27.8 Å². The third kappa shape index (κ3) is 8.24.